The summed E-state index contributed by atoms with van der Waals surface area (Å²) in [6, 6.07) is 0. The second kappa shape index (κ2) is 56.1. The molecule has 428 valence electrons. The van der Waals surface area contributed by atoms with Crippen LogP contribution in [0.2, 0.25) is 0 Å². The monoisotopic (exact) mass is 1060 g/mol. The van der Waals surface area contributed by atoms with E-state index >= 15 is 0 Å². The van der Waals surface area contributed by atoms with E-state index in [2.05, 4.69) is 93.7 Å². The molecule has 0 aliphatic rings. The number of phosphoric ester groups is 1. The fraction of sp³-hybridized carbons (Fsp3) is 0.758. The van der Waals surface area contributed by atoms with E-state index in [-0.39, 0.29) is 25.9 Å². The predicted molar refractivity (Wildman–Crippen MR) is 307 cm³/mol. The van der Waals surface area contributed by atoms with Gasteiger partial charge in [-0.3, -0.25) is 23.4 Å². The van der Waals surface area contributed by atoms with Crippen LogP contribution in [0.15, 0.2) is 72.9 Å². The Morgan fingerprint density at radius 3 is 1.11 bits per heavy atom. The third-order valence-electron chi connectivity index (χ3n) is 12.6. The summed E-state index contributed by atoms with van der Waals surface area (Å²) in [6.45, 7) is 4.49. The maximum Gasteiger partial charge on any atom is 0.472 e. The Kier molecular flexibility index (Phi) is 53.8. The van der Waals surface area contributed by atoms with E-state index in [1.807, 2.05) is 0 Å². The molecule has 74 heavy (non-hydrogen) atoms. The average Bonchev–Trinajstić information content (AvgIpc) is 3.39. The zero-order chi connectivity index (χ0) is 54.1. The molecule has 0 spiro atoms. The summed E-state index contributed by atoms with van der Waals surface area (Å²) in [7, 11) is -4.76. The molecule has 0 bridgehead atoms. The highest BCUT2D eigenvalue weighted by atomic mass is 31.2. The summed E-state index contributed by atoms with van der Waals surface area (Å²) in [5.41, 5.74) is 0. The van der Waals surface area contributed by atoms with Crippen molar-refractivity contribution in [2.75, 3.05) is 26.4 Å². The number of hydrogen-bond acceptors (Lipinski definition) is 10. The number of aliphatic hydroxyl groups excluding tert-OH is 1. The van der Waals surface area contributed by atoms with Crippen LogP contribution in [0.4, 0.5) is 0 Å². The van der Waals surface area contributed by atoms with Crippen LogP contribution in [0.1, 0.15) is 265 Å². The Morgan fingerprint density at radius 1 is 0.392 bits per heavy atom. The van der Waals surface area contributed by atoms with Crippen molar-refractivity contribution in [3.63, 3.8) is 0 Å². The van der Waals surface area contributed by atoms with Crippen LogP contribution >= 0.6 is 7.82 Å². The van der Waals surface area contributed by atoms with Gasteiger partial charge in [-0.2, -0.15) is 0 Å². The van der Waals surface area contributed by atoms with Gasteiger partial charge in [0.05, 0.1) is 19.8 Å². The molecule has 3 unspecified atom stereocenters. The van der Waals surface area contributed by atoms with Crippen molar-refractivity contribution in [2.24, 2.45) is 0 Å². The summed E-state index contributed by atoms with van der Waals surface area (Å²) in [5, 5.41) is 9.82. The Morgan fingerprint density at radius 2 is 0.703 bits per heavy atom. The van der Waals surface area contributed by atoms with Crippen LogP contribution in [0.25, 0.3) is 0 Å². The molecule has 0 rings (SSSR count). The number of rotatable bonds is 55. The molecule has 0 saturated carbocycles. The summed E-state index contributed by atoms with van der Waals surface area (Å²) in [5.74, 6) is -1.49. The van der Waals surface area contributed by atoms with E-state index in [0.717, 1.165) is 128 Å². The van der Waals surface area contributed by atoms with Crippen molar-refractivity contribution in [1.82, 2.24) is 0 Å². The molecule has 0 radical (unpaired) electrons. The van der Waals surface area contributed by atoms with Gasteiger partial charge >= 0.3 is 25.7 Å². The topological polar surface area (TPSA) is 155 Å². The molecule has 0 aliphatic heterocycles. The van der Waals surface area contributed by atoms with Gasteiger partial charge in [0.1, 0.15) is 12.7 Å². The Hall–Kier alpha value is -3.08. The third-order valence-corrected chi connectivity index (χ3v) is 13.6. The lowest BCUT2D eigenvalue weighted by Crippen LogP contribution is -2.30. The fourth-order valence-electron chi connectivity index (χ4n) is 8.08. The highest BCUT2D eigenvalue weighted by Crippen LogP contribution is 2.43. The van der Waals surface area contributed by atoms with Gasteiger partial charge in [-0.05, 0) is 89.9 Å². The van der Waals surface area contributed by atoms with Crippen molar-refractivity contribution in [1.29, 1.82) is 0 Å². The Balaban J connectivity index is 4.76. The number of carbonyl (C=O) groups is 3. The molecule has 0 heterocycles. The van der Waals surface area contributed by atoms with Crippen LogP contribution in [0.5, 0.6) is 0 Å². The van der Waals surface area contributed by atoms with Crippen molar-refractivity contribution in [2.45, 2.75) is 277 Å². The summed E-state index contributed by atoms with van der Waals surface area (Å²) < 4.78 is 39.5. The first-order valence-electron chi connectivity index (χ1n) is 29.8. The largest absolute Gasteiger partial charge is 0.472 e. The number of aliphatic hydroxyl groups is 1. The van der Waals surface area contributed by atoms with Crippen molar-refractivity contribution in [3.05, 3.63) is 72.9 Å². The smallest absolute Gasteiger partial charge is 0.462 e. The standard InChI is InChI=1S/C62H109O11P/c1-4-7-10-13-16-19-22-25-27-28-29-30-32-35-38-41-44-47-50-53-62(66)73-59(55-69-60(64)51-48-45-42-39-36-34-31-26-23-20-17-14-11-8-5-2)57-71-74(67,68)70-56-58(54-63)72-61(65)52-49-46-43-40-37-33-24-21-18-15-12-9-6-3/h7,10,16-17,19-20,25-27,29-31,58-59,63H,4-6,8-9,11-15,18,21-24,28,32-57H2,1-3H3,(H,67,68)/b10-7-,19-16-,20-17-,27-25-,30-29-,31-26-. The number of allylic oxidation sites excluding steroid dienone is 12. The number of esters is 3. The van der Waals surface area contributed by atoms with E-state index in [1.165, 1.54) is 77.0 Å². The molecule has 11 nitrogen and oxygen atoms in total. The number of carbonyl (C=O) groups excluding carboxylic acids is 3. The molecule has 0 aromatic heterocycles. The van der Waals surface area contributed by atoms with Crippen LogP contribution in [-0.2, 0) is 42.2 Å². The van der Waals surface area contributed by atoms with E-state index in [9.17, 15) is 28.9 Å². The minimum absolute atomic E-state index is 0.147. The van der Waals surface area contributed by atoms with Gasteiger partial charge in [-0.1, -0.05) is 229 Å². The highest BCUT2D eigenvalue weighted by molar-refractivity contribution is 7.47. The summed E-state index contributed by atoms with van der Waals surface area (Å²) >= 11 is 0. The highest BCUT2D eigenvalue weighted by Gasteiger charge is 2.28. The van der Waals surface area contributed by atoms with Crippen molar-refractivity contribution < 1.29 is 52.2 Å². The molecule has 0 aliphatic carbocycles. The fourth-order valence-corrected chi connectivity index (χ4v) is 8.87. The Labute approximate surface area is 452 Å². The maximum absolute atomic E-state index is 12.9. The number of hydrogen-bond donors (Lipinski definition) is 2. The van der Waals surface area contributed by atoms with Gasteiger partial charge < -0.3 is 24.2 Å². The van der Waals surface area contributed by atoms with Gasteiger partial charge in [0.25, 0.3) is 0 Å². The van der Waals surface area contributed by atoms with Crippen molar-refractivity contribution in [3.8, 4) is 0 Å². The van der Waals surface area contributed by atoms with Gasteiger partial charge in [-0.25, -0.2) is 4.57 Å². The number of ether oxygens (including phenoxy) is 3. The first kappa shape index (κ1) is 70.9. The zero-order valence-electron chi connectivity index (χ0n) is 47.3. The number of phosphoric acid groups is 1. The molecule has 0 amide bonds. The van der Waals surface area contributed by atoms with E-state index in [1.54, 1.807) is 0 Å². The zero-order valence-corrected chi connectivity index (χ0v) is 48.2. The molecule has 2 N–H and O–H groups in total. The molecule has 0 saturated heterocycles. The van der Waals surface area contributed by atoms with Crippen LogP contribution in [0, 0.1) is 0 Å². The third kappa shape index (κ3) is 53.7. The van der Waals surface area contributed by atoms with Crippen LogP contribution in [-0.4, -0.2) is 66.5 Å². The normalized spacial score (nSPS) is 13.9. The van der Waals surface area contributed by atoms with E-state index in [0.29, 0.717) is 19.3 Å². The second-order valence-electron chi connectivity index (χ2n) is 19.8. The van der Waals surface area contributed by atoms with Crippen molar-refractivity contribution >= 4 is 25.7 Å². The quantitative estimate of drug-likeness (QED) is 0.0197. The Bertz CT molecular complexity index is 1520. The first-order chi connectivity index (χ1) is 36.2. The maximum atomic E-state index is 12.9. The number of unbranched alkanes of at least 4 members (excludes halogenated alkanes) is 26. The van der Waals surface area contributed by atoms with Gasteiger partial charge in [0, 0.05) is 19.3 Å². The lowest BCUT2D eigenvalue weighted by atomic mass is 10.0. The van der Waals surface area contributed by atoms with Gasteiger partial charge in [0.2, 0.25) is 0 Å². The van der Waals surface area contributed by atoms with Gasteiger partial charge in [0.15, 0.2) is 6.10 Å². The molecule has 0 aromatic rings. The summed E-state index contributed by atoms with van der Waals surface area (Å²) in [6.07, 6.45) is 62.8. The van der Waals surface area contributed by atoms with Crippen LogP contribution in [0.3, 0.4) is 0 Å². The van der Waals surface area contributed by atoms with Gasteiger partial charge in [-0.15, -0.1) is 0 Å². The molecule has 0 fully saturated rings. The molecular weight excluding hydrogens is 952 g/mol. The predicted octanol–water partition coefficient (Wildman–Crippen LogP) is 17.7. The first-order valence-corrected chi connectivity index (χ1v) is 31.3. The average molecular weight is 1060 g/mol. The molecule has 0 aromatic carbocycles. The minimum Gasteiger partial charge on any atom is -0.462 e. The lowest BCUT2D eigenvalue weighted by molar-refractivity contribution is -0.161. The van der Waals surface area contributed by atoms with E-state index < -0.39 is 57.8 Å². The molecule has 3 atom stereocenters. The minimum atomic E-state index is -4.76. The molecular formula is C62H109O11P. The van der Waals surface area contributed by atoms with E-state index in [4.69, 9.17) is 23.3 Å². The SMILES string of the molecule is CC/C=C\C/C=C\C/C=C\C/C=C\CCCCCCCCC(=O)OC(COC(=O)CCCCCCC/C=C\C/C=C\CCCCC)COP(=O)(O)OCC(CO)OC(=O)CCCCCCCCCCCCCCC. The molecule has 12 heteroatoms. The second-order valence-corrected chi connectivity index (χ2v) is 21.2. The summed E-state index contributed by atoms with van der Waals surface area (Å²) in [4.78, 5) is 48.6. The lowest BCUT2D eigenvalue weighted by Gasteiger charge is -2.21. The van der Waals surface area contributed by atoms with Crippen LogP contribution < -0.4 is 0 Å².